The highest BCUT2D eigenvalue weighted by atomic mass is 28.4. The Morgan fingerprint density at radius 2 is 2.04 bits per heavy atom. The monoisotopic (exact) mass is 376 g/mol. The number of fused-ring (bicyclic) bond motifs is 1. The smallest absolute Gasteiger partial charge is 0.192 e. The lowest BCUT2D eigenvalue weighted by molar-refractivity contribution is 0.0329. The molecule has 1 saturated carbocycles. The second-order valence-corrected chi connectivity index (χ2v) is 14.9. The summed E-state index contributed by atoms with van der Waals surface area (Å²) >= 11 is 0. The molecule has 0 N–H and O–H groups in total. The first-order valence-corrected chi connectivity index (χ1v) is 13.1. The van der Waals surface area contributed by atoms with Crippen molar-refractivity contribution in [1.29, 1.82) is 0 Å². The molecule has 26 heavy (non-hydrogen) atoms. The van der Waals surface area contributed by atoms with E-state index in [1.807, 2.05) is 25.2 Å². The van der Waals surface area contributed by atoms with Gasteiger partial charge in [-0.3, -0.25) is 0 Å². The van der Waals surface area contributed by atoms with Gasteiger partial charge in [-0.25, -0.2) is 0 Å². The van der Waals surface area contributed by atoms with Gasteiger partial charge in [0.2, 0.25) is 0 Å². The molecule has 4 heteroatoms. The van der Waals surface area contributed by atoms with Crippen LogP contribution in [0.4, 0.5) is 0 Å². The van der Waals surface area contributed by atoms with Crippen LogP contribution in [-0.4, -0.2) is 39.2 Å². The highest BCUT2D eigenvalue weighted by Crippen LogP contribution is 2.52. The Kier molecular flexibility index (Phi) is 6.29. The van der Waals surface area contributed by atoms with E-state index in [4.69, 9.17) is 9.53 Å². The summed E-state index contributed by atoms with van der Waals surface area (Å²) in [6.07, 6.45) is 10.5. The summed E-state index contributed by atoms with van der Waals surface area (Å²) in [5, 5.41) is 6.97. The van der Waals surface area contributed by atoms with Gasteiger partial charge in [0.25, 0.3) is 0 Å². The summed E-state index contributed by atoms with van der Waals surface area (Å²) in [5.41, 5.74) is 2.90. The molecule has 0 heterocycles. The average molecular weight is 377 g/mol. The van der Waals surface area contributed by atoms with E-state index in [2.05, 4.69) is 53.4 Å². The highest BCUT2D eigenvalue weighted by Gasteiger charge is 2.49. The maximum atomic E-state index is 6.98. The third-order valence-electron chi connectivity index (χ3n) is 6.78. The van der Waals surface area contributed by atoms with Crippen LogP contribution in [0, 0.1) is 11.3 Å². The van der Waals surface area contributed by atoms with Gasteiger partial charge >= 0.3 is 0 Å². The largest absolute Gasteiger partial charge is 0.413 e. The van der Waals surface area contributed by atoms with Crippen molar-refractivity contribution >= 4 is 14.0 Å². The van der Waals surface area contributed by atoms with Gasteiger partial charge in [0.1, 0.15) is 0 Å². The van der Waals surface area contributed by atoms with E-state index in [9.17, 15) is 0 Å². The van der Waals surface area contributed by atoms with Gasteiger partial charge in [-0.2, -0.15) is 5.10 Å². The lowest BCUT2D eigenvalue weighted by Crippen LogP contribution is -2.52. The van der Waals surface area contributed by atoms with Crippen LogP contribution < -0.4 is 0 Å². The van der Waals surface area contributed by atoms with Crippen LogP contribution >= 0.6 is 0 Å². The molecule has 0 amide bonds. The van der Waals surface area contributed by atoms with E-state index >= 15 is 0 Å². The standard InChI is InChI=1S/C22H40N2OSi/c1-10-12-17-16-22(5)18(15-19(17)23-24(6)7)13-11-14-20(22)25-26(8,9)21(2,3)4/h10,15,17,20H,1,11-14,16H2,2-9H3/b23-19-/t17?,20-,22-/m0/s1. The molecule has 148 valence electrons. The molecule has 0 aromatic heterocycles. The minimum absolute atomic E-state index is 0.132. The van der Waals surface area contributed by atoms with Crippen molar-refractivity contribution in [3.63, 3.8) is 0 Å². The number of hydrazone groups is 1. The summed E-state index contributed by atoms with van der Waals surface area (Å²) < 4.78 is 6.98. The minimum Gasteiger partial charge on any atom is -0.413 e. The van der Waals surface area contributed by atoms with Crippen molar-refractivity contribution in [2.75, 3.05) is 14.1 Å². The molecular formula is C22H40N2OSi. The Labute approximate surface area is 162 Å². The van der Waals surface area contributed by atoms with Gasteiger partial charge in [-0.05, 0) is 56.3 Å². The normalized spacial score (nSPS) is 31.4. The van der Waals surface area contributed by atoms with E-state index in [0.717, 1.165) is 12.8 Å². The first-order valence-electron chi connectivity index (χ1n) is 10.2. The van der Waals surface area contributed by atoms with Crippen molar-refractivity contribution < 1.29 is 4.43 Å². The topological polar surface area (TPSA) is 24.8 Å². The van der Waals surface area contributed by atoms with E-state index < -0.39 is 8.32 Å². The number of hydrogen-bond acceptors (Lipinski definition) is 3. The Hall–Kier alpha value is -0.873. The van der Waals surface area contributed by atoms with Gasteiger partial charge in [0.15, 0.2) is 8.32 Å². The van der Waals surface area contributed by atoms with Crippen LogP contribution in [0.15, 0.2) is 29.4 Å². The zero-order valence-corrected chi connectivity index (χ0v) is 19.4. The second-order valence-electron chi connectivity index (χ2n) is 10.1. The summed E-state index contributed by atoms with van der Waals surface area (Å²) in [6.45, 7) is 18.2. The van der Waals surface area contributed by atoms with E-state index in [1.54, 1.807) is 5.57 Å². The lowest BCUT2D eigenvalue weighted by Gasteiger charge is -2.51. The second kappa shape index (κ2) is 7.63. The van der Waals surface area contributed by atoms with Gasteiger partial charge in [-0.1, -0.05) is 39.3 Å². The maximum absolute atomic E-state index is 6.98. The number of nitrogens with zero attached hydrogens (tertiary/aromatic N) is 2. The zero-order valence-electron chi connectivity index (χ0n) is 18.4. The lowest BCUT2D eigenvalue weighted by atomic mass is 9.61. The maximum Gasteiger partial charge on any atom is 0.192 e. The van der Waals surface area contributed by atoms with Crippen molar-refractivity contribution in [3.8, 4) is 0 Å². The van der Waals surface area contributed by atoms with E-state index in [1.165, 1.54) is 25.0 Å². The third-order valence-corrected chi connectivity index (χ3v) is 11.3. The molecule has 2 aliphatic rings. The summed E-state index contributed by atoms with van der Waals surface area (Å²) in [4.78, 5) is 0. The van der Waals surface area contributed by atoms with E-state index in [-0.39, 0.29) is 10.5 Å². The SMILES string of the molecule is C=CCC1C[C@@]2(C)C(=C/C1=N/N(C)C)CCC[C@@H]2O[Si](C)(C)C(C)(C)C. The van der Waals surface area contributed by atoms with Crippen molar-refractivity contribution in [2.45, 2.75) is 84.0 Å². The number of rotatable bonds is 5. The molecule has 2 aliphatic carbocycles. The highest BCUT2D eigenvalue weighted by molar-refractivity contribution is 6.74. The first-order chi connectivity index (χ1) is 11.9. The van der Waals surface area contributed by atoms with Crippen LogP contribution in [0.2, 0.25) is 18.1 Å². The summed E-state index contributed by atoms with van der Waals surface area (Å²) in [6, 6.07) is 0. The molecule has 0 radical (unpaired) electrons. The first kappa shape index (κ1) is 21.4. The quantitative estimate of drug-likeness (QED) is 0.333. The number of allylic oxidation sites excluding steroid dienone is 2. The molecule has 0 spiro atoms. The van der Waals surface area contributed by atoms with Gasteiger partial charge < -0.3 is 9.43 Å². The Balaban J connectivity index is 2.38. The predicted molar refractivity (Wildman–Crippen MR) is 116 cm³/mol. The summed E-state index contributed by atoms with van der Waals surface area (Å²) in [5.74, 6) is 0.437. The van der Waals surface area contributed by atoms with Crippen molar-refractivity contribution in [3.05, 3.63) is 24.3 Å². The third kappa shape index (κ3) is 4.33. The molecular weight excluding hydrogens is 336 g/mol. The zero-order chi connectivity index (χ0) is 19.8. The molecule has 0 bridgehead atoms. The van der Waals surface area contributed by atoms with Gasteiger partial charge in [0, 0.05) is 25.4 Å². The van der Waals surface area contributed by atoms with Crippen LogP contribution in [-0.2, 0) is 4.43 Å². The van der Waals surface area contributed by atoms with Crippen LogP contribution in [0.5, 0.6) is 0 Å². The molecule has 0 aromatic rings. The molecule has 2 rings (SSSR count). The Bertz CT molecular complexity index is 585. The molecule has 1 fully saturated rings. The molecule has 0 aromatic carbocycles. The predicted octanol–water partition coefficient (Wildman–Crippen LogP) is 6.01. The van der Waals surface area contributed by atoms with Gasteiger partial charge in [-0.15, -0.1) is 6.58 Å². The average Bonchev–Trinajstić information content (AvgIpc) is 2.48. The minimum atomic E-state index is -1.79. The Morgan fingerprint density at radius 1 is 1.38 bits per heavy atom. The van der Waals surface area contributed by atoms with E-state index in [0.29, 0.717) is 12.0 Å². The molecule has 1 unspecified atom stereocenters. The molecule has 0 saturated heterocycles. The molecule has 0 aliphatic heterocycles. The fourth-order valence-corrected chi connectivity index (χ4v) is 5.61. The van der Waals surface area contributed by atoms with Crippen LogP contribution in [0.25, 0.3) is 0 Å². The number of hydrogen-bond donors (Lipinski definition) is 0. The molecule has 3 atom stereocenters. The van der Waals surface area contributed by atoms with Crippen LogP contribution in [0.3, 0.4) is 0 Å². The fourth-order valence-electron chi connectivity index (χ4n) is 4.17. The van der Waals surface area contributed by atoms with Gasteiger partial charge in [0.05, 0.1) is 11.8 Å². The Morgan fingerprint density at radius 3 is 2.58 bits per heavy atom. The molecule has 3 nitrogen and oxygen atoms in total. The summed E-state index contributed by atoms with van der Waals surface area (Å²) in [7, 11) is 2.23. The van der Waals surface area contributed by atoms with Crippen LogP contribution in [0.1, 0.15) is 59.8 Å². The van der Waals surface area contributed by atoms with Crippen molar-refractivity contribution in [2.24, 2.45) is 16.4 Å². The van der Waals surface area contributed by atoms with Crippen molar-refractivity contribution in [1.82, 2.24) is 5.01 Å². The fraction of sp³-hybridized carbons (Fsp3) is 0.773.